The van der Waals surface area contributed by atoms with Crippen LogP contribution in [0.5, 0.6) is 0 Å². The van der Waals surface area contributed by atoms with E-state index in [1.54, 1.807) is 12.4 Å². The molecule has 1 N–H and O–H groups in total. The Morgan fingerprint density at radius 1 is 1.08 bits per heavy atom. The van der Waals surface area contributed by atoms with E-state index in [2.05, 4.69) is 55.3 Å². The van der Waals surface area contributed by atoms with E-state index < -0.39 is 0 Å². The third-order valence-electron chi connectivity index (χ3n) is 4.29. The van der Waals surface area contributed by atoms with Crippen molar-refractivity contribution in [3.8, 4) is 11.1 Å². The first-order valence-electron chi connectivity index (χ1n) is 8.97. The van der Waals surface area contributed by atoms with Crippen LogP contribution in [0.4, 0.5) is 0 Å². The Kier molecular flexibility index (Phi) is 5.52. The highest BCUT2D eigenvalue weighted by molar-refractivity contribution is 5.94. The summed E-state index contributed by atoms with van der Waals surface area (Å²) in [4.78, 5) is 16.8. The number of carbonyl (C=O) groups excluding carboxylic acids is 1. The van der Waals surface area contributed by atoms with Crippen molar-refractivity contribution in [1.29, 1.82) is 0 Å². The molecule has 0 atom stereocenters. The van der Waals surface area contributed by atoms with E-state index >= 15 is 0 Å². The van der Waals surface area contributed by atoms with Gasteiger partial charge in [0.1, 0.15) is 5.69 Å². The molecule has 0 saturated heterocycles. The Morgan fingerprint density at radius 2 is 1.77 bits per heavy atom. The predicted octanol–water partition coefficient (Wildman–Crippen LogP) is 4.29. The molecule has 134 valence electrons. The molecule has 4 nitrogen and oxygen atoms in total. The van der Waals surface area contributed by atoms with Gasteiger partial charge in [-0.3, -0.25) is 9.78 Å². The molecule has 0 bridgehead atoms. The molecular weight excluding hydrogens is 322 g/mol. The highest BCUT2D eigenvalue weighted by Gasteiger charge is 2.15. The number of nitrogens with zero attached hydrogens (tertiary/aromatic N) is 2. The highest BCUT2D eigenvalue weighted by Crippen LogP contribution is 2.23. The lowest BCUT2D eigenvalue weighted by atomic mass is 10.1. The van der Waals surface area contributed by atoms with Crippen molar-refractivity contribution in [1.82, 2.24) is 14.9 Å². The number of aromatic nitrogens is 2. The summed E-state index contributed by atoms with van der Waals surface area (Å²) in [6.07, 6.45) is 5.58. The fourth-order valence-corrected chi connectivity index (χ4v) is 2.81. The van der Waals surface area contributed by atoms with Crippen LogP contribution >= 0.6 is 0 Å². The van der Waals surface area contributed by atoms with Crippen LogP contribution < -0.4 is 5.32 Å². The van der Waals surface area contributed by atoms with Gasteiger partial charge in [-0.15, -0.1) is 0 Å². The van der Waals surface area contributed by atoms with Crippen molar-refractivity contribution in [2.24, 2.45) is 5.92 Å². The summed E-state index contributed by atoms with van der Waals surface area (Å²) in [5.74, 6) is 0.380. The molecule has 0 radical (unpaired) electrons. The molecule has 3 aromatic rings. The zero-order chi connectivity index (χ0) is 18.5. The minimum absolute atomic E-state index is 0.0360. The maximum Gasteiger partial charge on any atom is 0.267 e. The van der Waals surface area contributed by atoms with Crippen molar-refractivity contribution >= 4 is 5.91 Å². The van der Waals surface area contributed by atoms with E-state index in [9.17, 15) is 4.79 Å². The minimum atomic E-state index is -0.0360. The number of nitrogens with one attached hydrogen (secondary N) is 1. The normalized spacial score (nSPS) is 10.9. The molecule has 0 fully saturated rings. The molecule has 2 heterocycles. The van der Waals surface area contributed by atoms with E-state index in [0.29, 0.717) is 24.7 Å². The lowest BCUT2D eigenvalue weighted by Gasteiger charge is -2.11. The lowest BCUT2D eigenvalue weighted by molar-refractivity contribution is 0.0940. The summed E-state index contributed by atoms with van der Waals surface area (Å²) in [5, 5.41) is 3.03. The number of rotatable bonds is 6. The SMILES string of the molecule is Cc1ccc(Cn2cc(-c3ccncc3)cc2C(=O)NCC(C)C)cc1. The summed E-state index contributed by atoms with van der Waals surface area (Å²) < 4.78 is 2.02. The number of aryl methyl sites for hydroxylation is 1. The highest BCUT2D eigenvalue weighted by atomic mass is 16.1. The van der Waals surface area contributed by atoms with Crippen LogP contribution in [0.1, 0.15) is 35.5 Å². The molecule has 0 aliphatic rings. The van der Waals surface area contributed by atoms with E-state index in [0.717, 1.165) is 11.1 Å². The number of benzene rings is 1. The first-order chi connectivity index (χ1) is 12.5. The fraction of sp³-hybridized carbons (Fsp3) is 0.273. The quantitative estimate of drug-likeness (QED) is 0.723. The van der Waals surface area contributed by atoms with Crippen molar-refractivity contribution in [2.75, 3.05) is 6.54 Å². The second kappa shape index (κ2) is 8.00. The minimum Gasteiger partial charge on any atom is -0.351 e. The zero-order valence-electron chi connectivity index (χ0n) is 15.6. The summed E-state index contributed by atoms with van der Waals surface area (Å²) in [6, 6.07) is 14.3. The Balaban J connectivity index is 1.93. The van der Waals surface area contributed by atoms with E-state index in [-0.39, 0.29) is 5.91 Å². The van der Waals surface area contributed by atoms with Crippen molar-refractivity contribution in [3.63, 3.8) is 0 Å². The zero-order valence-corrected chi connectivity index (χ0v) is 15.6. The molecule has 0 aliphatic heterocycles. The van der Waals surface area contributed by atoms with Crippen LogP contribution in [0.25, 0.3) is 11.1 Å². The molecule has 1 amide bonds. The summed E-state index contributed by atoms with van der Waals surface area (Å²) in [7, 11) is 0. The number of hydrogen-bond acceptors (Lipinski definition) is 2. The maximum absolute atomic E-state index is 12.7. The van der Waals surface area contributed by atoms with E-state index in [1.807, 2.05) is 29.0 Å². The lowest BCUT2D eigenvalue weighted by Crippen LogP contribution is -2.29. The second-order valence-electron chi connectivity index (χ2n) is 7.07. The standard InChI is InChI=1S/C22H25N3O/c1-16(2)13-24-22(26)21-12-20(19-8-10-23-11-9-19)15-25(21)14-18-6-4-17(3)5-7-18/h4-12,15-16H,13-14H2,1-3H3,(H,24,26). The van der Waals surface area contributed by atoms with Gasteiger partial charge in [0.2, 0.25) is 0 Å². The van der Waals surface area contributed by atoms with Gasteiger partial charge in [0.25, 0.3) is 5.91 Å². The summed E-state index contributed by atoms with van der Waals surface area (Å²) in [5.41, 5.74) is 5.16. The average molecular weight is 347 g/mol. The van der Waals surface area contributed by atoms with Crippen LogP contribution in [0, 0.1) is 12.8 Å². The largest absolute Gasteiger partial charge is 0.351 e. The van der Waals surface area contributed by atoms with E-state index in [1.165, 1.54) is 11.1 Å². The van der Waals surface area contributed by atoms with Crippen molar-refractivity contribution in [2.45, 2.75) is 27.3 Å². The van der Waals surface area contributed by atoms with Gasteiger partial charge >= 0.3 is 0 Å². The third-order valence-corrected chi connectivity index (χ3v) is 4.29. The van der Waals surface area contributed by atoms with Gasteiger partial charge in [0, 0.05) is 37.2 Å². The average Bonchev–Trinajstić information content (AvgIpc) is 3.06. The Morgan fingerprint density at radius 3 is 2.42 bits per heavy atom. The summed E-state index contributed by atoms with van der Waals surface area (Å²) in [6.45, 7) is 7.59. The molecule has 1 aromatic carbocycles. The number of amides is 1. The summed E-state index contributed by atoms with van der Waals surface area (Å²) >= 11 is 0. The first kappa shape index (κ1) is 17.9. The molecule has 4 heteroatoms. The van der Waals surface area contributed by atoms with Gasteiger partial charge in [-0.1, -0.05) is 43.7 Å². The molecule has 0 aliphatic carbocycles. The van der Waals surface area contributed by atoms with Gasteiger partial charge < -0.3 is 9.88 Å². The fourth-order valence-electron chi connectivity index (χ4n) is 2.81. The van der Waals surface area contributed by atoms with Gasteiger partial charge in [-0.2, -0.15) is 0 Å². The molecular formula is C22H25N3O. The van der Waals surface area contributed by atoms with Crippen molar-refractivity contribution < 1.29 is 4.79 Å². The molecule has 0 saturated carbocycles. The molecule has 2 aromatic heterocycles. The first-order valence-corrected chi connectivity index (χ1v) is 8.97. The van der Waals surface area contributed by atoms with E-state index in [4.69, 9.17) is 0 Å². The van der Waals surface area contributed by atoms with Crippen molar-refractivity contribution in [3.05, 3.63) is 77.9 Å². The maximum atomic E-state index is 12.7. The molecule has 0 unspecified atom stereocenters. The van der Waals surface area contributed by atoms with Gasteiger partial charge in [0.15, 0.2) is 0 Å². The number of pyridine rings is 1. The Hall–Kier alpha value is -2.88. The Labute approximate surface area is 154 Å². The number of hydrogen-bond donors (Lipinski definition) is 1. The molecule has 3 rings (SSSR count). The predicted molar refractivity (Wildman–Crippen MR) is 105 cm³/mol. The molecule has 0 spiro atoms. The molecule has 26 heavy (non-hydrogen) atoms. The third kappa shape index (κ3) is 4.39. The topological polar surface area (TPSA) is 46.9 Å². The van der Waals surface area contributed by atoms with Gasteiger partial charge in [-0.25, -0.2) is 0 Å². The van der Waals surface area contributed by atoms with Crippen LogP contribution in [0.3, 0.4) is 0 Å². The van der Waals surface area contributed by atoms with Crippen LogP contribution in [0.15, 0.2) is 61.1 Å². The number of carbonyl (C=O) groups is 1. The van der Waals surface area contributed by atoms with Crippen LogP contribution in [-0.4, -0.2) is 22.0 Å². The van der Waals surface area contributed by atoms with Crippen LogP contribution in [-0.2, 0) is 6.54 Å². The second-order valence-corrected chi connectivity index (χ2v) is 7.07. The monoisotopic (exact) mass is 347 g/mol. The smallest absolute Gasteiger partial charge is 0.267 e. The van der Waals surface area contributed by atoms with Crippen LogP contribution in [0.2, 0.25) is 0 Å². The Bertz CT molecular complexity index is 864. The van der Waals surface area contributed by atoms with Gasteiger partial charge in [0.05, 0.1) is 0 Å². The van der Waals surface area contributed by atoms with Gasteiger partial charge in [-0.05, 0) is 42.2 Å².